The Morgan fingerprint density at radius 3 is 2.95 bits per heavy atom. The van der Waals surface area contributed by atoms with Gasteiger partial charge in [0.2, 0.25) is 5.95 Å². The number of aryl methyl sites for hydroxylation is 1. The van der Waals surface area contributed by atoms with Gasteiger partial charge < -0.3 is 10.5 Å². The van der Waals surface area contributed by atoms with E-state index in [4.69, 9.17) is 10.5 Å². The van der Waals surface area contributed by atoms with Gasteiger partial charge in [-0.2, -0.15) is 0 Å². The van der Waals surface area contributed by atoms with Gasteiger partial charge in [0.15, 0.2) is 5.65 Å². The molecule has 20 heavy (non-hydrogen) atoms. The number of ether oxygens (including phenoxy) is 1. The zero-order valence-electron chi connectivity index (χ0n) is 11.5. The van der Waals surface area contributed by atoms with Gasteiger partial charge in [0, 0.05) is 12.3 Å². The number of nitrogens with zero attached hydrogens (tertiary/aromatic N) is 3. The fourth-order valence-electron chi connectivity index (χ4n) is 2.22. The summed E-state index contributed by atoms with van der Waals surface area (Å²) in [5, 5.41) is 0. The van der Waals surface area contributed by atoms with Crippen molar-refractivity contribution in [2.45, 2.75) is 13.8 Å². The molecule has 3 rings (SSSR count). The lowest BCUT2D eigenvalue weighted by Gasteiger charge is -2.08. The Morgan fingerprint density at radius 1 is 1.30 bits per heavy atom. The number of nitrogen functional groups attached to an aromatic ring is 1. The fraction of sp³-hybridized carbons (Fsp3) is 0.200. The van der Waals surface area contributed by atoms with Crippen molar-refractivity contribution in [2.24, 2.45) is 0 Å². The molecule has 0 atom stereocenters. The average molecular weight is 268 g/mol. The molecular weight excluding hydrogens is 252 g/mol. The topological polar surface area (TPSA) is 66.0 Å². The number of anilines is 1. The van der Waals surface area contributed by atoms with Crippen molar-refractivity contribution in [3.63, 3.8) is 0 Å². The van der Waals surface area contributed by atoms with Crippen LogP contribution in [0.5, 0.6) is 5.75 Å². The number of imidazole rings is 1. The van der Waals surface area contributed by atoms with Gasteiger partial charge in [0.1, 0.15) is 11.3 Å². The van der Waals surface area contributed by atoms with Crippen LogP contribution in [0.3, 0.4) is 0 Å². The highest BCUT2D eigenvalue weighted by Crippen LogP contribution is 2.24. The van der Waals surface area contributed by atoms with Crippen LogP contribution in [0.15, 0.2) is 36.5 Å². The Hall–Kier alpha value is -2.56. The van der Waals surface area contributed by atoms with E-state index in [1.165, 1.54) is 0 Å². The van der Waals surface area contributed by atoms with E-state index in [1.54, 1.807) is 0 Å². The summed E-state index contributed by atoms with van der Waals surface area (Å²) in [5.74, 6) is 1.23. The summed E-state index contributed by atoms with van der Waals surface area (Å²) in [7, 11) is 0. The van der Waals surface area contributed by atoms with E-state index in [9.17, 15) is 0 Å². The van der Waals surface area contributed by atoms with Crippen LogP contribution in [0.1, 0.15) is 12.5 Å². The minimum atomic E-state index is 0.423. The molecule has 0 unspecified atom stereocenters. The number of rotatable bonds is 3. The summed E-state index contributed by atoms with van der Waals surface area (Å²) < 4.78 is 7.35. The number of fused-ring (bicyclic) bond motifs is 1. The second-order valence-electron chi connectivity index (χ2n) is 4.59. The Kier molecular flexibility index (Phi) is 3.02. The molecule has 5 heteroatoms. The third kappa shape index (κ3) is 2.07. The third-order valence-corrected chi connectivity index (χ3v) is 3.05. The van der Waals surface area contributed by atoms with Crippen LogP contribution in [0.2, 0.25) is 0 Å². The standard InChI is InChI=1S/C15H16N4O/c1-3-20-12-6-4-5-11(8-12)19-14-13(18-15(19)16)7-10(2)9-17-14/h4-9H,3H2,1-2H3,(H2,16,18). The Balaban J connectivity index is 2.18. The van der Waals surface area contributed by atoms with E-state index >= 15 is 0 Å². The summed E-state index contributed by atoms with van der Waals surface area (Å²) >= 11 is 0. The number of hydrogen-bond donors (Lipinski definition) is 1. The summed E-state index contributed by atoms with van der Waals surface area (Å²) in [5.41, 5.74) is 9.53. The molecule has 0 fully saturated rings. The predicted octanol–water partition coefficient (Wildman–Crippen LogP) is 2.71. The van der Waals surface area contributed by atoms with Gasteiger partial charge in [-0.15, -0.1) is 0 Å². The average Bonchev–Trinajstić information content (AvgIpc) is 2.74. The molecule has 0 saturated carbocycles. The SMILES string of the molecule is CCOc1cccc(-n2c(N)nc3cc(C)cnc32)c1. The molecule has 2 N–H and O–H groups in total. The summed E-state index contributed by atoms with van der Waals surface area (Å²) in [6.45, 7) is 4.57. The fourth-order valence-corrected chi connectivity index (χ4v) is 2.22. The van der Waals surface area contributed by atoms with Gasteiger partial charge in [0.05, 0.1) is 12.3 Å². The molecule has 0 bridgehead atoms. The van der Waals surface area contributed by atoms with Crippen molar-refractivity contribution in [3.05, 3.63) is 42.1 Å². The highest BCUT2D eigenvalue weighted by atomic mass is 16.5. The predicted molar refractivity (Wildman–Crippen MR) is 79.2 cm³/mol. The minimum absolute atomic E-state index is 0.423. The monoisotopic (exact) mass is 268 g/mol. The third-order valence-electron chi connectivity index (χ3n) is 3.05. The summed E-state index contributed by atoms with van der Waals surface area (Å²) in [4.78, 5) is 8.80. The van der Waals surface area contributed by atoms with Crippen LogP contribution in [0, 0.1) is 6.92 Å². The van der Waals surface area contributed by atoms with Gasteiger partial charge in [-0.05, 0) is 37.6 Å². The Morgan fingerprint density at radius 2 is 2.15 bits per heavy atom. The molecule has 102 valence electrons. The highest BCUT2D eigenvalue weighted by molar-refractivity contribution is 5.77. The molecule has 0 spiro atoms. The van der Waals surface area contributed by atoms with Crippen LogP contribution >= 0.6 is 0 Å². The number of benzene rings is 1. The highest BCUT2D eigenvalue weighted by Gasteiger charge is 2.11. The first kappa shape index (κ1) is 12.5. The molecule has 0 aliphatic carbocycles. The second kappa shape index (κ2) is 4.85. The summed E-state index contributed by atoms with van der Waals surface area (Å²) in [6, 6.07) is 9.71. The van der Waals surface area contributed by atoms with E-state index in [0.29, 0.717) is 12.6 Å². The van der Waals surface area contributed by atoms with Crippen molar-refractivity contribution in [2.75, 3.05) is 12.3 Å². The van der Waals surface area contributed by atoms with Crippen molar-refractivity contribution in [1.29, 1.82) is 0 Å². The van der Waals surface area contributed by atoms with Crippen molar-refractivity contribution in [1.82, 2.24) is 14.5 Å². The van der Waals surface area contributed by atoms with Gasteiger partial charge >= 0.3 is 0 Å². The molecular formula is C15H16N4O. The Bertz CT molecular complexity index is 764. The first-order chi connectivity index (χ1) is 9.69. The molecule has 3 aromatic rings. The molecule has 1 aromatic carbocycles. The Labute approximate surface area is 117 Å². The molecule has 0 amide bonds. The number of aromatic nitrogens is 3. The molecule has 2 aromatic heterocycles. The van der Waals surface area contributed by atoms with E-state index in [0.717, 1.165) is 28.2 Å². The molecule has 5 nitrogen and oxygen atoms in total. The van der Waals surface area contributed by atoms with Gasteiger partial charge in [0.25, 0.3) is 0 Å². The molecule has 0 aliphatic rings. The van der Waals surface area contributed by atoms with Crippen LogP contribution < -0.4 is 10.5 Å². The first-order valence-electron chi connectivity index (χ1n) is 6.53. The van der Waals surface area contributed by atoms with E-state index < -0.39 is 0 Å². The largest absolute Gasteiger partial charge is 0.494 e. The van der Waals surface area contributed by atoms with Crippen LogP contribution in [0.25, 0.3) is 16.9 Å². The van der Waals surface area contributed by atoms with Gasteiger partial charge in [-0.3, -0.25) is 4.57 Å². The van der Waals surface area contributed by atoms with Crippen LogP contribution in [0.4, 0.5) is 5.95 Å². The molecule has 0 aliphatic heterocycles. The zero-order valence-corrected chi connectivity index (χ0v) is 11.5. The summed E-state index contributed by atoms with van der Waals surface area (Å²) in [6.07, 6.45) is 1.81. The van der Waals surface area contributed by atoms with Crippen LogP contribution in [-0.2, 0) is 0 Å². The lowest BCUT2D eigenvalue weighted by Crippen LogP contribution is -2.02. The van der Waals surface area contributed by atoms with E-state index in [-0.39, 0.29) is 0 Å². The number of pyridine rings is 1. The lowest BCUT2D eigenvalue weighted by atomic mass is 10.3. The second-order valence-corrected chi connectivity index (χ2v) is 4.59. The zero-order chi connectivity index (χ0) is 14.1. The maximum absolute atomic E-state index is 6.03. The molecule has 2 heterocycles. The maximum atomic E-state index is 6.03. The van der Waals surface area contributed by atoms with Crippen molar-refractivity contribution in [3.8, 4) is 11.4 Å². The van der Waals surface area contributed by atoms with Gasteiger partial charge in [-0.1, -0.05) is 6.07 Å². The van der Waals surface area contributed by atoms with E-state index in [1.807, 2.05) is 54.9 Å². The normalized spacial score (nSPS) is 10.9. The molecule has 0 saturated heterocycles. The quantitative estimate of drug-likeness (QED) is 0.793. The maximum Gasteiger partial charge on any atom is 0.207 e. The minimum Gasteiger partial charge on any atom is -0.494 e. The molecule has 0 radical (unpaired) electrons. The van der Waals surface area contributed by atoms with Crippen LogP contribution in [-0.4, -0.2) is 21.1 Å². The van der Waals surface area contributed by atoms with Crippen molar-refractivity contribution >= 4 is 17.1 Å². The first-order valence-corrected chi connectivity index (χ1v) is 6.53. The smallest absolute Gasteiger partial charge is 0.207 e. The lowest BCUT2D eigenvalue weighted by molar-refractivity contribution is 0.340. The van der Waals surface area contributed by atoms with Gasteiger partial charge in [-0.25, -0.2) is 9.97 Å². The van der Waals surface area contributed by atoms with Crippen molar-refractivity contribution < 1.29 is 4.74 Å². The number of nitrogens with two attached hydrogens (primary N) is 1. The number of hydrogen-bond acceptors (Lipinski definition) is 4. The van der Waals surface area contributed by atoms with E-state index in [2.05, 4.69) is 9.97 Å².